The van der Waals surface area contributed by atoms with E-state index in [4.69, 9.17) is 4.52 Å². The first kappa shape index (κ1) is 19.9. The third kappa shape index (κ3) is 5.35. The zero-order chi connectivity index (χ0) is 20.1. The lowest BCUT2D eigenvalue weighted by molar-refractivity contribution is -0.137. The first-order valence-electron chi connectivity index (χ1n) is 8.26. The van der Waals surface area contributed by atoms with Gasteiger partial charge >= 0.3 is 6.18 Å². The molecule has 0 saturated carbocycles. The molecular weight excluding hydrogens is 391 g/mol. The Hall–Kier alpha value is -2.81. The zero-order valence-corrected chi connectivity index (χ0v) is 15.6. The van der Waals surface area contributed by atoms with Crippen molar-refractivity contribution in [3.05, 3.63) is 65.5 Å². The van der Waals surface area contributed by atoms with Gasteiger partial charge in [0.1, 0.15) is 0 Å². The van der Waals surface area contributed by atoms with Crippen molar-refractivity contribution in [2.24, 2.45) is 0 Å². The van der Waals surface area contributed by atoms with E-state index in [0.29, 0.717) is 0 Å². The minimum atomic E-state index is -4.44. The van der Waals surface area contributed by atoms with Crippen molar-refractivity contribution < 1.29 is 22.5 Å². The number of anilines is 1. The van der Waals surface area contributed by atoms with Crippen LogP contribution in [0.3, 0.4) is 0 Å². The Kier molecular flexibility index (Phi) is 6.03. The summed E-state index contributed by atoms with van der Waals surface area (Å²) in [5.41, 5.74) is 1.19. The molecule has 146 valence electrons. The SMILES string of the molecule is Cc1cccc(NC(=O)CSCc2nc(-c3cccc(C(F)(F)F)c3)no2)c1. The molecule has 5 nitrogen and oxygen atoms in total. The highest BCUT2D eigenvalue weighted by molar-refractivity contribution is 7.99. The fraction of sp³-hybridized carbons (Fsp3) is 0.211. The number of alkyl halides is 3. The van der Waals surface area contributed by atoms with Crippen molar-refractivity contribution in [1.29, 1.82) is 0 Å². The topological polar surface area (TPSA) is 68.0 Å². The number of hydrogen-bond donors (Lipinski definition) is 1. The van der Waals surface area contributed by atoms with E-state index in [2.05, 4.69) is 15.5 Å². The molecule has 0 aliphatic carbocycles. The molecule has 1 heterocycles. The van der Waals surface area contributed by atoms with Crippen LogP contribution in [-0.4, -0.2) is 21.8 Å². The Bertz CT molecular complexity index is 973. The summed E-state index contributed by atoms with van der Waals surface area (Å²) < 4.78 is 43.5. The van der Waals surface area contributed by atoms with Crippen molar-refractivity contribution in [1.82, 2.24) is 10.1 Å². The van der Waals surface area contributed by atoms with Gasteiger partial charge in [0.15, 0.2) is 0 Å². The van der Waals surface area contributed by atoms with Gasteiger partial charge in [0.25, 0.3) is 0 Å². The molecular formula is C19H16F3N3O2S. The molecule has 0 fully saturated rings. The van der Waals surface area contributed by atoms with Gasteiger partial charge in [-0.1, -0.05) is 29.4 Å². The second-order valence-corrected chi connectivity index (χ2v) is 6.99. The third-order valence-electron chi connectivity index (χ3n) is 3.68. The molecule has 3 aromatic rings. The van der Waals surface area contributed by atoms with Gasteiger partial charge in [-0.2, -0.15) is 18.2 Å². The molecule has 1 aromatic heterocycles. The van der Waals surface area contributed by atoms with Crippen LogP contribution in [0.25, 0.3) is 11.4 Å². The van der Waals surface area contributed by atoms with Crippen molar-refractivity contribution in [2.45, 2.75) is 18.9 Å². The average Bonchev–Trinajstić information content (AvgIpc) is 3.10. The summed E-state index contributed by atoms with van der Waals surface area (Å²) in [7, 11) is 0. The van der Waals surface area contributed by atoms with Crippen molar-refractivity contribution in [3.63, 3.8) is 0 Å². The summed E-state index contributed by atoms with van der Waals surface area (Å²) in [4.78, 5) is 16.1. The highest BCUT2D eigenvalue weighted by Crippen LogP contribution is 2.31. The number of aryl methyl sites for hydroxylation is 1. The molecule has 0 unspecified atom stereocenters. The van der Waals surface area contributed by atoms with Gasteiger partial charge < -0.3 is 9.84 Å². The number of halogens is 3. The first-order valence-corrected chi connectivity index (χ1v) is 9.41. The molecule has 0 bridgehead atoms. The van der Waals surface area contributed by atoms with E-state index in [0.717, 1.165) is 23.4 Å². The van der Waals surface area contributed by atoms with Gasteiger partial charge in [-0.05, 0) is 36.8 Å². The van der Waals surface area contributed by atoms with Gasteiger partial charge in [-0.3, -0.25) is 4.79 Å². The summed E-state index contributed by atoms with van der Waals surface area (Å²) in [5.74, 6) is 0.586. The molecule has 0 aliphatic rings. The second-order valence-electron chi connectivity index (χ2n) is 6.00. The molecule has 0 aliphatic heterocycles. The summed E-state index contributed by atoms with van der Waals surface area (Å²) in [5, 5.41) is 6.50. The van der Waals surface area contributed by atoms with E-state index in [9.17, 15) is 18.0 Å². The highest BCUT2D eigenvalue weighted by Gasteiger charge is 2.30. The molecule has 1 amide bonds. The van der Waals surface area contributed by atoms with E-state index in [1.165, 1.54) is 23.9 Å². The number of carbonyl (C=O) groups is 1. The van der Waals surface area contributed by atoms with Crippen molar-refractivity contribution >= 4 is 23.4 Å². The molecule has 0 saturated heterocycles. The van der Waals surface area contributed by atoms with Gasteiger partial charge in [0.2, 0.25) is 17.6 Å². The summed E-state index contributed by atoms with van der Waals surface area (Å²) >= 11 is 1.27. The van der Waals surface area contributed by atoms with Gasteiger partial charge in [0, 0.05) is 11.3 Å². The fourth-order valence-corrected chi connectivity index (χ4v) is 3.07. The molecule has 9 heteroatoms. The average molecular weight is 407 g/mol. The number of nitrogens with zero attached hydrogens (tertiary/aromatic N) is 2. The quantitative estimate of drug-likeness (QED) is 0.627. The lowest BCUT2D eigenvalue weighted by Crippen LogP contribution is -2.14. The van der Waals surface area contributed by atoms with E-state index in [1.54, 1.807) is 6.07 Å². The van der Waals surface area contributed by atoms with Crippen LogP contribution in [0.15, 0.2) is 53.1 Å². The Morgan fingerprint density at radius 1 is 1.18 bits per heavy atom. The van der Waals surface area contributed by atoms with Crippen LogP contribution in [0.1, 0.15) is 17.0 Å². The van der Waals surface area contributed by atoms with Crippen LogP contribution >= 0.6 is 11.8 Å². The van der Waals surface area contributed by atoms with Gasteiger partial charge in [0.05, 0.1) is 17.1 Å². The molecule has 0 radical (unpaired) electrons. The molecule has 3 rings (SSSR count). The number of thioether (sulfide) groups is 1. The number of aromatic nitrogens is 2. The molecule has 1 N–H and O–H groups in total. The number of carbonyl (C=O) groups excluding carboxylic acids is 1. The van der Waals surface area contributed by atoms with E-state index >= 15 is 0 Å². The lowest BCUT2D eigenvalue weighted by Gasteiger charge is -2.06. The summed E-state index contributed by atoms with van der Waals surface area (Å²) in [6, 6.07) is 12.2. The largest absolute Gasteiger partial charge is 0.416 e. The third-order valence-corrected chi connectivity index (χ3v) is 4.59. The van der Waals surface area contributed by atoms with E-state index in [-0.39, 0.29) is 34.7 Å². The van der Waals surface area contributed by atoms with Crippen LogP contribution < -0.4 is 5.32 Å². The van der Waals surface area contributed by atoms with Crippen LogP contribution in [0, 0.1) is 6.92 Å². The van der Waals surface area contributed by atoms with Gasteiger partial charge in [-0.15, -0.1) is 11.8 Å². The first-order chi connectivity index (χ1) is 13.3. The Labute approximate surface area is 163 Å². The maximum Gasteiger partial charge on any atom is 0.416 e. The van der Waals surface area contributed by atoms with Crippen molar-refractivity contribution in [2.75, 3.05) is 11.1 Å². The van der Waals surface area contributed by atoms with E-state index < -0.39 is 11.7 Å². The van der Waals surface area contributed by atoms with Crippen molar-refractivity contribution in [3.8, 4) is 11.4 Å². The standard InChI is InChI=1S/C19H16F3N3O2S/c1-12-4-2-7-15(8-12)23-16(26)10-28-11-17-24-18(25-27-17)13-5-3-6-14(9-13)19(20,21)22/h2-9H,10-11H2,1H3,(H,23,26). The predicted octanol–water partition coefficient (Wildman–Crippen LogP) is 4.94. The highest BCUT2D eigenvalue weighted by atomic mass is 32.2. The number of amides is 1. The number of nitrogens with one attached hydrogen (secondary N) is 1. The maximum atomic E-state index is 12.8. The predicted molar refractivity (Wildman–Crippen MR) is 101 cm³/mol. The number of benzene rings is 2. The molecule has 0 atom stereocenters. The molecule has 0 spiro atoms. The van der Waals surface area contributed by atoms with Crippen LogP contribution in [0.4, 0.5) is 18.9 Å². The minimum absolute atomic E-state index is 0.0749. The maximum absolute atomic E-state index is 12.8. The van der Waals surface area contributed by atoms with E-state index in [1.807, 2.05) is 25.1 Å². The van der Waals surface area contributed by atoms with Crippen LogP contribution in [0.5, 0.6) is 0 Å². The Balaban J connectivity index is 1.54. The lowest BCUT2D eigenvalue weighted by atomic mass is 10.1. The Morgan fingerprint density at radius 2 is 1.96 bits per heavy atom. The molecule has 2 aromatic carbocycles. The number of rotatable bonds is 6. The zero-order valence-electron chi connectivity index (χ0n) is 14.8. The second kappa shape index (κ2) is 8.47. The van der Waals surface area contributed by atoms with Crippen LogP contribution in [-0.2, 0) is 16.7 Å². The minimum Gasteiger partial charge on any atom is -0.338 e. The monoisotopic (exact) mass is 407 g/mol. The smallest absolute Gasteiger partial charge is 0.338 e. The number of hydrogen-bond acceptors (Lipinski definition) is 5. The Morgan fingerprint density at radius 3 is 2.71 bits per heavy atom. The van der Waals surface area contributed by atoms with Crippen LogP contribution in [0.2, 0.25) is 0 Å². The normalized spacial score (nSPS) is 11.4. The van der Waals surface area contributed by atoms with Gasteiger partial charge in [-0.25, -0.2) is 0 Å². The summed E-state index contributed by atoms with van der Waals surface area (Å²) in [6.07, 6.45) is -4.44. The summed E-state index contributed by atoms with van der Waals surface area (Å²) in [6.45, 7) is 1.93. The molecule has 28 heavy (non-hydrogen) atoms. The fourth-order valence-electron chi connectivity index (χ4n) is 2.42.